The Morgan fingerprint density at radius 2 is 1.57 bits per heavy atom. The second kappa shape index (κ2) is 10.1. The van der Waals surface area contributed by atoms with Crippen LogP contribution in [0, 0.1) is 17.8 Å². The lowest BCUT2D eigenvalue weighted by atomic mass is 9.82. The number of nitrogens with one attached hydrogen (secondary N) is 2. The predicted octanol–water partition coefficient (Wildman–Crippen LogP) is 4.31. The molecular weight excluding hydrogens is 444 g/mol. The van der Waals surface area contributed by atoms with E-state index in [9.17, 15) is 14.4 Å². The van der Waals surface area contributed by atoms with Crippen LogP contribution >= 0.6 is 0 Å². The van der Waals surface area contributed by atoms with Gasteiger partial charge >= 0.3 is 12.1 Å². The molecule has 7 nitrogen and oxygen atoms in total. The van der Waals surface area contributed by atoms with Crippen molar-refractivity contribution < 1.29 is 24.2 Å². The maximum atomic E-state index is 12.7. The van der Waals surface area contributed by atoms with Gasteiger partial charge in [0.2, 0.25) is 5.91 Å². The second-order valence-electron chi connectivity index (χ2n) is 10.1. The summed E-state index contributed by atoms with van der Waals surface area (Å²) in [5.41, 5.74) is 4.72. The maximum Gasteiger partial charge on any atom is 0.407 e. The Morgan fingerprint density at radius 3 is 2.26 bits per heavy atom. The van der Waals surface area contributed by atoms with E-state index >= 15 is 0 Å². The highest BCUT2D eigenvalue weighted by Crippen LogP contribution is 2.44. The van der Waals surface area contributed by atoms with Gasteiger partial charge in [0.1, 0.15) is 6.61 Å². The third-order valence-electron chi connectivity index (χ3n) is 7.79. The zero-order valence-corrected chi connectivity index (χ0v) is 19.7. The lowest BCUT2D eigenvalue weighted by Crippen LogP contribution is -2.44. The zero-order chi connectivity index (χ0) is 24.4. The van der Waals surface area contributed by atoms with Gasteiger partial charge in [-0.25, -0.2) is 4.79 Å². The van der Waals surface area contributed by atoms with Gasteiger partial charge in [-0.05, 0) is 53.4 Å². The fourth-order valence-electron chi connectivity index (χ4n) is 5.81. The van der Waals surface area contributed by atoms with Gasteiger partial charge in [0.05, 0.1) is 6.42 Å². The van der Waals surface area contributed by atoms with Gasteiger partial charge in [-0.3, -0.25) is 9.59 Å². The number of carbonyl (C=O) groups is 3. The van der Waals surface area contributed by atoms with Gasteiger partial charge in [0, 0.05) is 24.4 Å². The first-order valence-corrected chi connectivity index (χ1v) is 12.6. The van der Waals surface area contributed by atoms with Crippen molar-refractivity contribution in [3.8, 4) is 11.1 Å². The van der Waals surface area contributed by atoms with E-state index in [1.54, 1.807) is 0 Å². The first-order chi connectivity index (χ1) is 17.0. The summed E-state index contributed by atoms with van der Waals surface area (Å²) in [5.74, 6) is -0.851. The molecule has 3 aliphatic carbocycles. The van der Waals surface area contributed by atoms with Crippen LogP contribution in [0.4, 0.5) is 4.79 Å². The number of benzene rings is 2. The number of carbonyl (C=O) groups excluding carboxylic acids is 2. The minimum Gasteiger partial charge on any atom is -0.481 e. The molecule has 0 spiro atoms. The summed E-state index contributed by atoms with van der Waals surface area (Å²) < 4.78 is 5.58. The van der Waals surface area contributed by atoms with E-state index in [1.165, 1.54) is 22.3 Å². The minimum atomic E-state index is -0.812. The number of carboxylic acids is 1. The number of alkyl carbamates (subject to hydrolysis) is 1. The van der Waals surface area contributed by atoms with E-state index in [0.717, 1.165) is 32.1 Å². The lowest BCUT2D eigenvalue weighted by molar-refractivity contribution is -0.139. The molecule has 0 bridgehead atoms. The average Bonchev–Trinajstić information content (AvgIpc) is 3.57. The van der Waals surface area contributed by atoms with Crippen LogP contribution in [0.1, 0.15) is 55.6 Å². The van der Waals surface area contributed by atoms with Gasteiger partial charge in [0.15, 0.2) is 0 Å². The first-order valence-electron chi connectivity index (χ1n) is 12.6. The predicted molar refractivity (Wildman–Crippen MR) is 131 cm³/mol. The van der Waals surface area contributed by atoms with Crippen LogP contribution in [0.5, 0.6) is 0 Å². The molecule has 2 amide bonds. The Morgan fingerprint density at radius 1 is 0.914 bits per heavy atom. The van der Waals surface area contributed by atoms with Crippen LogP contribution in [0.15, 0.2) is 48.5 Å². The second-order valence-corrected chi connectivity index (χ2v) is 10.1. The van der Waals surface area contributed by atoms with E-state index in [-0.39, 0.29) is 48.6 Å². The van der Waals surface area contributed by atoms with Gasteiger partial charge in [0.25, 0.3) is 0 Å². The fraction of sp³-hybridized carbons (Fsp3) is 0.464. The third-order valence-corrected chi connectivity index (χ3v) is 7.79. The molecule has 35 heavy (non-hydrogen) atoms. The molecule has 2 unspecified atom stereocenters. The van der Waals surface area contributed by atoms with Crippen LogP contribution in [0.2, 0.25) is 0 Å². The number of ether oxygens (including phenoxy) is 1. The molecule has 2 aromatic carbocycles. The van der Waals surface area contributed by atoms with Crippen molar-refractivity contribution >= 4 is 18.0 Å². The van der Waals surface area contributed by atoms with Crippen molar-refractivity contribution in [2.24, 2.45) is 17.8 Å². The van der Waals surface area contributed by atoms with E-state index in [1.807, 2.05) is 24.3 Å². The summed E-state index contributed by atoms with van der Waals surface area (Å²) >= 11 is 0. The number of hydrogen-bond donors (Lipinski definition) is 3. The standard InChI is InChI=1S/C28H32N2O5/c31-26(32)14-17-7-1-6-12-25(17)30-27(33)23-13-18(23)15-29-28(34)35-16-24-21-10-4-2-8-19(21)20-9-3-5-11-22(20)24/h2-5,8-11,17-18,23-25H,1,6-7,12-16H2,(H,29,34)(H,30,33)(H,31,32)/t17-,18?,23?,25-/m1/s1. The molecule has 2 saturated carbocycles. The molecule has 5 rings (SSSR count). The highest BCUT2D eigenvalue weighted by atomic mass is 16.5. The highest BCUT2D eigenvalue weighted by Gasteiger charge is 2.44. The fourth-order valence-corrected chi connectivity index (χ4v) is 5.81. The summed E-state index contributed by atoms with van der Waals surface area (Å²) in [7, 11) is 0. The lowest BCUT2D eigenvalue weighted by Gasteiger charge is -2.31. The normalized spacial score (nSPS) is 24.7. The van der Waals surface area contributed by atoms with Crippen molar-refractivity contribution in [2.45, 2.75) is 50.5 Å². The van der Waals surface area contributed by atoms with Crippen LogP contribution in [0.3, 0.4) is 0 Å². The van der Waals surface area contributed by atoms with Crippen molar-refractivity contribution in [3.63, 3.8) is 0 Å². The Labute approximate surface area is 205 Å². The molecule has 0 saturated heterocycles. The third kappa shape index (κ3) is 5.19. The van der Waals surface area contributed by atoms with Crippen LogP contribution < -0.4 is 10.6 Å². The van der Waals surface area contributed by atoms with Crippen LogP contribution in [-0.2, 0) is 14.3 Å². The number of amides is 2. The molecule has 3 aliphatic rings. The summed E-state index contributed by atoms with van der Waals surface area (Å²) in [6.07, 6.45) is 4.06. The molecule has 2 aromatic rings. The van der Waals surface area contributed by atoms with E-state index in [2.05, 4.69) is 34.9 Å². The Kier molecular flexibility index (Phi) is 6.75. The Bertz CT molecular complexity index is 1070. The van der Waals surface area contributed by atoms with Crippen molar-refractivity contribution in [1.82, 2.24) is 10.6 Å². The smallest absolute Gasteiger partial charge is 0.407 e. The van der Waals surface area contributed by atoms with Gasteiger partial charge < -0.3 is 20.5 Å². The van der Waals surface area contributed by atoms with E-state index in [0.29, 0.717) is 6.54 Å². The quantitative estimate of drug-likeness (QED) is 0.527. The molecular formula is C28H32N2O5. The minimum absolute atomic E-state index is 0.00125. The first kappa shape index (κ1) is 23.4. The molecule has 3 N–H and O–H groups in total. The highest BCUT2D eigenvalue weighted by molar-refractivity contribution is 5.82. The van der Waals surface area contributed by atoms with E-state index in [4.69, 9.17) is 9.84 Å². The molecule has 4 atom stereocenters. The maximum absolute atomic E-state index is 12.7. The van der Waals surface area contributed by atoms with Gasteiger partial charge in [-0.2, -0.15) is 0 Å². The monoisotopic (exact) mass is 476 g/mol. The topological polar surface area (TPSA) is 105 Å². The largest absolute Gasteiger partial charge is 0.481 e. The molecule has 0 heterocycles. The molecule has 2 fully saturated rings. The van der Waals surface area contributed by atoms with Crippen molar-refractivity contribution in [3.05, 3.63) is 59.7 Å². The van der Waals surface area contributed by atoms with Crippen LogP contribution in [-0.4, -0.2) is 42.3 Å². The zero-order valence-electron chi connectivity index (χ0n) is 19.7. The summed E-state index contributed by atoms with van der Waals surface area (Å²) in [5, 5.41) is 15.1. The number of hydrogen-bond acceptors (Lipinski definition) is 4. The number of carboxylic acid groups (broad SMARTS) is 1. The summed E-state index contributed by atoms with van der Waals surface area (Å²) in [6, 6.07) is 16.4. The van der Waals surface area contributed by atoms with Gasteiger partial charge in [-0.15, -0.1) is 0 Å². The SMILES string of the molecule is O=C(O)C[C@H]1CCCC[C@H]1NC(=O)C1CC1CNC(=O)OCC1c2ccccc2-c2ccccc21. The van der Waals surface area contributed by atoms with Crippen LogP contribution in [0.25, 0.3) is 11.1 Å². The summed E-state index contributed by atoms with van der Waals surface area (Å²) in [6.45, 7) is 0.666. The number of aliphatic carboxylic acids is 1. The summed E-state index contributed by atoms with van der Waals surface area (Å²) in [4.78, 5) is 36.2. The van der Waals surface area contributed by atoms with Crippen molar-refractivity contribution in [2.75, 3.05) is 13.2 Å². The molecule has 0 aromatic heterocycles. The van der Waals surface area contributed by atoms with Crippen molar-refractivity contribution in [1.29, 1.82) is 0 Å². The Balaban J connectivity index is 1.08. The van der Waals surface area contributed by atoms with E-state index < -0.39 is 12.1 Å². The molecule has 0 aliphatic heterocycles. The molecule has 0 radical (unpaired) electrons. The number of rotatable bonds is 8. The molecule has 184 valence electrons. The van der Waals surface area contributed by atoms with Gasteiger partial charge in [-0.1, -0.05) is 61.4 Å². The molecule has 7 heteroatoms. The average molecular weight is 477 g/mol. The number of fused-ring (bicyclic) bond motifs is 3. The Hall–Kier alpha value is -3.35.